The minimum atomic E-state index is -3.40. The van der Waals surface area contributed by atoms with Crippen LogP contribution in [0.25, 0.3) is 11.2 Å². The molecule has 2 unspecified atom stereocenters. The van der Waals surface area contributed by atoms with Crippen molar-refractivity contribution >= 4 is 37.1 Å². The molecule has 3 rings (SSSR count). The molecular weight excluding hydrogens is 362 g/mol. The molecule has 1 aliphatic rings. The molecule has 1 fully saturated rings. The van der Waals surface area contributed by atoms with Gasteiger partial charge in [0.25, 0.3) is 5.56 Å². The number of hydrogen-bond acceptors (Lipinski definition) is 10. The fourth-order valence-corrected chi connectivity index (χ4v) is 4.49. The molecule has 5 atom stereocenters. The minimum absolute atomic E-state index is 0.0122. The van der Waals surface area contributed by atoms with Gasteiger partial charge in [-0.2, -0.15) is 4.98 Å². The first-order chi connectivity index (χ1) is 11.3. The second-order valence-electron chi connectivity index (χ2n) is 5.14. The summed E-state index contributed by atoms with van der Waals surface area (Å²) >= 11 is 4.94. The van der Waals surface area contributed by atoms with Crippen LogP contribution in [0, 0.1) is 0 Å². The van der Waals surface area contributed by atoms with Crippen molar-refractivity contribution in [1.29, 1.82) is 0 Å². The molecule has 13 heteroatoms. The van der Waals surface area contributed by atoms with E-state index in [2.05, 4.69) is 15.0 Å². The van der Waals surface area contributed by atoms with Gasteiger partial charge < -0.3 is 20.7 Å². The summed E-state index contributed by atoms with van der Waals surface area (Å²) in [6.45, 7) is -0.522. The summed E-state index contributed by atoms with van der Waals surface area (Å²) in [5.41, 5.74) is 5.04. The zero-order valence-corrected chi connectivity index (χ0v) is 14.0. The first-order valence-corrected chi connectivity index (χ1v) is 9.23. The predicted octanol–water partition coefficient (Wildman–Crippen LogP) is -2.37. The quantitative estimate of drug-likeness (QED) is 0.452. The van der Waals surface area contributed by atoms with E-state index in [1.807, 2.05) is 0 Å². The molecule has 2 aromatic heterocycles. The van der Waals surface area contributed by atoms with Gasteiger partial charge in [-0.3, -0.25) is 18.5 Å². The van der Waals surface area contributed by atoms with E-state index in [1.165, 1.54) is 10.9 Å². The Bertz CT molecular complexity index is 925. The molecule has 2 aromatic rings. The van der Waals surface area contributed by atoms with Gasteiger partial charge in [0.15, 0.2) is 26.2 Å². The fraction of sp³-hybridized carbons (Fsp3) is 0.545. The van der Waals surface area contributed by atoms with Crippen molar-refractivity contribution in [3.63, 3.8) is 0 Å². The van der Waals surface area contributed by atoms with E-state index < -0.39 is 44.6 Å². The Labute approximate surface area is 140 Å². The number of nitrogens with one attached hydrogen (secondary N) is 1. The molecule has 5 N–H and O–H groups in total. The lowest BCUT2D eigenvalue weighted by molar-refractivity contribution is -0.0431. The molecule has 0 amide bonds. The summed E-state index contributed by atoms with van der Waals surface area (Å²) in [5.74, 6) is -0.145. The summed E-state index contributed by atoms with van der Waals surface area (Å²) in [7, 11) is -2.25. The molecule has 1 saturated heterocycles. The maximum Gasteiger partial charge on any atom is 0.280 e. The number of aromatic nitrogens is 4. The Morgan fingerprint density at radius 3 is 2.96 bits per heavy atom. The van der Waals surface area contributed by atoms with Crippen LogP contribution in [-0.2, 0) is 28.9 Å². The molecule has 11 nitrogen and oxygen atoms in total. The van der Waals surface area contributed by atoms with E-state index in [-0.39, 0.29) is 17.1 Å². The molecule has 132 valence electrons. The first kappa shape index (κ1) is 17.2. The zero-order valence-electron chi connectivity index (χ0n) is 12.4. The van der Waals surface area contributed by atoms with E-state index in [4.69, 9.17) is 25.8 Å². The van der Waals surface area contributed by atoms with Crippen LogP contribution in [0.5, 0.6) is 0 Å². The van der Waals surface area contributed by atoms with Gasteiger partial charge in [-0.1, -0.05) is 0 Å². The van der Waals surface area contributed by atoms with Crippen LogP contribution in [0.1, 0.15) is 6.23 Å². The van der Waals surface area contributed by atoms with Gasteiger partial charge in [0.2, 0.25) is 5.95 Å². The van der Waals surface area contributed by atoms with Crippen LogP contribution < -0.4 is 11.3 Å². The van der Waals surface area contributed by atoms with Gasteiger partial charge in [0.1, 0.15) is 17.5 Å². The lowest BCUT2D eigenvalue weighted by atomic mass is 10.2. The Kier molecular flexibility index (Phi) is 4.31. The summed E-state index contributed by atoms with van der Waals surface area (Å²) in [5, 5.41) is 18.5. The lowest BCUT2D eigenvalue weighted by Gasteiger charge is -2.22. The highest BCUT2D eigenvalue weighted by Gasteiger charge is 2.50. The van der Waals surface area contributed by atoms with E-state index in [1.54, 1.807) is 0 Å². The molecule has 1 aliphatic heterocycles. The third kappa shape index (κ3) is 2.58. The SMILES string of the molecule is COS(=O)(=S)C1[C@@H](O)[C@@H](CO)O[C@H]1n1cnc2c(=O)[nH]c(N)nc21. The van der Waals surface area contributed by atoms with Crippen molar-refractivity contribution in [2.75, 3.05) is 19.5 Å². The minimum Gasteiger partial charge on any atom is -0.394 e. The smallest absolute Gasteiger partial charge is 0.280 e. The topological polar surface area (TPSA) is 166 Å². The highest BCUT2D eigenvalue weighted by molar-refractivity contribution is 8.30. The van der Waals surface area contributed by atoms with Gasteiger partial charge in [0, 0.05) is 11.2 Å². The third-order valence-corrected chi connectivity index (χ3v) is 6.50. The van der Waals surface area contributed by atoms with Crippen LogP contribution in [0.3, 0.4) is 0 Å². The van der Waals surface area contributed by atoms with Crippen LogP contribution in [0.15, 0.2) is 11.1 Å². The average Bonchev–Trinajstić information content (AvgIpc) is 3.08. The third-order valence-electron chi connectivity index (χ3n) is 3.78. The number of nitrogens with zero attached hydrogens (tertiary/aromatic N) is 3. The molecular formula is C11H15N5O6S2. The molecule has 24 heavy (non-hydrogen) atoms. The molecule has 0 bridgehead atoms. The average molecular weight is 377 g/mol. The zero-order chi connectivity index (χ0) is 17.6. The molecule has 0 aromatic carbocycles. The van der Waals surface area contributed by atoms with Crippen molar-refractivity contribution in [3.8, 4) is 0 Å². The summed E-state index contributed by atoms with van der Waals surface area (Å²) in [6, 6.07) is 0. The lowest BCUT2D eigenvalue weighted by Crippen LogP contribution is -2.39. The van der Waals surface area contributed by atoms with Crippen LogP contribution in [0.2, 0.25) is 0 Å². The number of ether oxygens (including phenoxy) is 1. The standard InChI is InChI=1S/C11H15N5O6S2/c1-21-24(20,23)7-6(18)4(2-17)22-10(7)16-3-13-5-8(16)14-11(12)15-9(5)19/h3-4,6-7,10,17-18H,2H2,1H3,(H3,12,14,15,19)/t4-,6+,7?,10-,24?/m1/s1. The number of hydrogen-bond donors (Lipinski definition) is 4. The van der Waals surface area contributed by atoms with E-state index in [0.717, 1.165) is 7.11 Å². The van der Waals surface area contributed by atoms with Crippen LogP contribution in [-0.4, -0.2) is 65.1 Å². The van der Waals surface area contributed by atoms with Gasteiger partial charge in [0.05, 0.1) is 20.0 Å². The van der Waals surface area contributed by atoms with Crippen molar-refractivity contribution in [3.05, 3.63) is 16.7 Å². The molecule has 3 heterocycles. The van der Waals surface area contributed by atoms with E-state index >= 15 is 0 Å². The normalized spacial score (nSPS) is 29.8. The number of imidazole rings is 1. The Balaban J connectivity index is 2.18. The number of rotatable bonds is 4. The van der Waals surface area contributed by atoms with Gasteiger partial charge in [-0.15, -0.1) is 0 Å². The van der Waals surface area contributed by atoms with Crippen molar-refractivity contribution in [1.82, 2.24) is 19.5 Å². The second kappa shape index (κ2) is 6.02. The van der Waals surface area contributed by atoms with Crippen molar-refractivity contribution in [2.45, 2.75) is 23.7 Å². The summed E-state index contributed by atoms with van der Waals surface area (Å²) < 4.78 is 24.2. The number of nitrogens with two attached hydrogens (primary N) is 1. The number of anilines is 1. The number of aliphatic hydroxyl groups excluding tert-OH is 2. The first-order valence-electron chi connectivity index (χ1n) is 6.76. The highest BCUT2D eigenvalue weighted by Crippen LogP contribution is 2.36. The van der Waals surface area contributed by atoms with E-state index in [0.29, 0.717) is 0 Å². The van der Waals surface area contributed by atoms with Crippen LogP contribution in [0.4, 0.5) is 5.95 Å². The van der Waals surface area contributed by atoms with Crippen molar-refractivity contribution in [2.24, 2.45) is 0 Å². The van der Waals surface area contributed by atoms with Gasteiger partial charge in [-0.25, -0.2) is 9.19 Å². The maximum atomic E-state index is 12.5. The monoisotopic (exact) mass is 377 g/mol. The van der Waals surface area contributed by atoms with Gasteiger partial charge >= 0.3 is 0 Å². The van der Waals surface area contributed by atoms with Gasteiger partial charge in [-0.05, 0) is 0 Å². The highest BCUT2D eigenvalue weighted by atomic mass is 32.8. The second-order valence-corrected chi connectivity index (χ2v) is 8.39. The molecule has 0 saturated carbocycles. The number of aromatic amines is 1. The number of fused-ring (bicyclic) bond motifs is 1. The Morgan fingerprint density at radius 2 is 2.33 bits per heavy atom. The number of nitrogen functional groups attached to an aromatic ring is 1. The fourth-order valence-electron chi connectivity index (χ4n) is 2.65. The molecule has 0 radical (unpaired) electrons. The molecule has 0 spiro atoms. The largest absolute Gasteiger partial charge is 0.394 e. The van der Waals surface area contributed by atoms with Crippen LogP contribution >= 0.6 is 0 Å². The Hall–Kier alpha value is -1.64. The van der Waals surface area contributed by atoms with E-state index in [9.17, 15) is 19.2 Å². The number of aliphatic hydroxyl groups is 2. The van der Waals surface area contributed by atoms with Crippen molar-refractivity contribution < 1.29 is 23.3 Å². The number of H-pyrrole nitrogens is 1. The Morgan fingerprint density at radius 1 is 1.62 bits per heavy atom. The molecule has 0 aliphatic carbocycles. The predicted molar refractivity (Wildman–Crippen MR) is 85.9 cm³/mol. The summed E-state index contributed by atoms with van der Waals surface area (Å²) in [4.78, 5) is 22.1. The maximum absolute atomic E-state index is 12.5. The summed E-state index contributed by atoms with van der Waals surface area (Å²) in [6.07, 6.45) is -2.25.